The number of anilines is 1. The molecule has 1 aliphatic heterocycles. The average Bonchev–Trinajstić information content (AvgIpc) is 2.85. The maximum atomic E-state index is 14.2. The quantitative estimate of drug-likeness (QED) is 0.429. The van der Waals surface area contributed by atoms with Crippen molar-refractivity contribution in [3.05, 3.63) is 107 Å². The number of thioether (sulfide) groups is 1. The van der Waals surface area contributed by atoms with Gasteiger partial charge in [0.15, 0.2) is 0 Å². The van der Waals surface area contributed by atoms with Crippen LogP contribution in [0.1, 0.15) is 21.5 Å². The minimum Gasteiger partial charge on any atom is -0.348 e. The van der Waals surface area contributed by atoms with Gasteiger partial charge in [0, 0.05) is 22.6 Å². The molecule has 4 aromatic carbocycles. The Balaban J connectivity index is 1.38. The van der Waals surface area contributed by atoms with E-state index in [2.05, 4.69) is 5.32 Å². The summed E-state index contributed by atoms with van der Waals surface area (Å²) in [4.78, 5) is 28.1. The third-order valence-electron chi connectivity index (χ3n) is 5.77. The molecule has 2 amide bonds. The Labute approximate surface area is 195 Å². The fourth-order valence-corrected chi connectivity index (χ4v) is 4.95. The number of hydrogen-bond acceptors (Lipinski definition) is 3. The van der Waals surface area contributed by atoms with E-state index in [-0.39, 0.29) is 29.9 Å². The smallest absolute Gasteiger partial charge is 0.251 e. The molecule has 0 saturated carbocycles. The molecule has 0 atom stereocenters. The first-order valence-electron chi connectivity index (χ1n) is 10.7. The molecule has 0 aromatic heterocycles. The molecule has 0 radical (unpaired) electrons. The van der Waals surface area contributed by atoms with E-state index < -0.39 is 0 Å². The molecule has 4 aromatic rings. The van der Waals surface area contributed by atoms with E-state index in [1.54, 1.807) is 35.2 Å². The normalized spacial score (nSPS) is 13.1. The van der Waals surface area contributed by atoms with Gasteiger partial charge in [-0.2, -0.15) is 0 Å². The minimum atomic E-state index is -0.353. The third kappa shape index (κ3) is 4.34. The van der Waals surface area contributed by atoms with E-state index in [1.165, 1.54) is 17.8 Å². The summed E-state index contributed by atoms with van der Waals surface area (Å²) >= 11 is 1.43. The summed E-state index contributed by atoms with van der Waals surface area (Å²) in [6.07, 6.45) is 0. The molecule has 164 valence electrons. The Morgan fingerprint density at radius 1 is 0.939 bits per heavy atom. The Kier molecular flexibility index (Phi) is 5.84. The number of benzene rings is 4. The van der Waals surface area contributed by atoms with Gasteiger partial charge in [-0.05, 0) is 40.6 Å². The van der Waals surface area contributed by atoms with Crippen LogP contribution in [-0.4, -0.2) is 17.6 Å². The molecule has 0 unspecified atom stereocenters. The second kappa shape index (κ2) is 9.08. The Morgan fingerprint density at radius 2 is 1.70 bits per heavy atom. The lowest BCUT2D eigenvalue weighted by Crippen LogP contribution is -2.35. The monoisotopic (exact) mass is 456 g/mol. The number of carbonyl (C=O) groups excluding carboxylic acids is 2. The zero-order chi connectivity index (χ0) is 22.8. The summed E-state index contributed by atoms with van der Waals surface area (Å²) in [7, 11) is 0. The summed E-state index contributed by atoms with van der Waals surface area (Å²) in [6.45, 7) is 0.518. The van der Waals surface area contributed by atoms with Crippen molar-refractivity contribution < 1.29 is 14.0 Å². The Bertz CT molecular complexity index is 1370. The highest BCUT2D eigenvalue weighted by Crippen LogP contribution is 2.37. The lowest BCUT2D eigenvalue weighted by atomic mass is 10.0. The number of fused-ring (bicyclic) bond motifs is 2. The third-order valence-corrected chi connectivity index (χ3v) is 6.82. The minimum absolute atomic E-state index is 0.107. The van der Waals surface area contributed by atoms with Crippen LogP contribution in [-0.2, 0) is 17.9 Å². The summed E-state index contributed by atoms with van der Waals surface area (Å²) in [5.41, 5.74) is 2.57. The largest absolute Gasteiger partial charge is 0.348 e. The molecule has 5 rings (SSSR count). The van der Waals surface area contributed by atoms with Crippen LogP contribution in [0.2, 0.25) is 0 Å². The molecule has 0 bridgehead atoms. The van der Waals surface area contributed by atoms with Gasteiger partial charge in [0.05, 0.1) is 18.0 Å². The number of halogens is 1. The molecule has 4 nitrogen and oxygen atoms in total. The van der Waals surface area contributed by atoms with Crippen molar-refractivity contribution in [3.8, 4) is 0 Å². The second-order valence-corrected chi connectivity index (χ2v) is 8.88. The van der Waals surface area contributed by atoms with E-state index in [4.69, 9.17) is 0 Å². The van der Waals surface area contributed by atoms with Gasteiger partial charge < -0.3 is 10.2 Å². The fraction of sp³-hybridized carbons (Fsp3) is 0.111. The fourth-order valence-electron chi connectivity index (χ4n) is 4.04. The topological polar surface area (TPSA) is 49.4 Å². The molecular formula is C27H21FN2O2S. The van der Waals surface area contributed by atoms with Crippen molar-refractivity contribution in [2.45, 2.75) is 18.0 Å². The standard InChI is InChI=1S/C27H21FN2O2S/c28-23-11-4-2-7-21(23)16-30-24-14-19(12-13-25(24)33-17-26(30)31)27(32)29-15-20-9-5-8-18-6-1-3-10-22(18)20/h1-14H,15-17H2,(H,29,32). The lowest BCUT2D eigenvalue weighted by molar-refractivity contribution is -0.116. The van der Waals surface area contributed by atoms with Crippen LogP contribution in [0.15, 0.2) is 89.8 Å². The summed E-state index contributed by atoms with van der Waals surface area (Å²) < 4.78 is 14.2. The molecular weight excluding hydrogens is 435 g/mol. The first-order valence-corrected chi connectivity index (χ1v) is 11.6. The number of nitrogens with zero attached hydrogens (tertiary/aromatic N) is 1. The first kappa shape index (κ1) is 21.2. The number of nitrogens with one attached hydrogen (secondary N) is 1. The van der Waals surface area contributed by atoms with Gasteiger partial charge in [-0.1, -0.05) is 60.7 Å². The van der Waals surface area contributed by atoms with Crippen molar-refractivity contribution in [2.24, 2.45) is 0 Å². The highest BCUT2D eigenvalue weighted by Gasteiger charge is 2.26. The zero-order valence-electron chi connectivity index (χ0n) is 17.8. The van der Waals surface area contributed by atoms with Gasteiger partial charge in [0.2, 0.25) is 5.91 Å². The van der Waals surface area contributed by atoms with Gasteiger partial charge in [-0.25, -0.2) is 4.39 Å². The van der Waals surface area contributed by atoms with E-state index >= 15 is 0 Å². The maximum absolute atomic E-state index is 14.2. The van der Waals surface area contributed by atoms with Crippen molar-refractivity contribution in [2.75, 3.05) is 10.7 Å². The Hall–Kier alpha value is -3.64. The zero-order valence-corrected chi connectivity index (χ0v) is 18.6. The van der Waals surface area contributed by atoms with Crippen molar-refractivity contribution in [1.29, 1.82) is 0 Å². The lowest BCUT2D eigenvalue weighted by Gasteiger charge is -2.29. The van der Waals surface area contributed by atoms with Crippen molar-refractivity contribution >= 4 is 40.0 Å². The summed E-state index contributed by atoms with van der Waals surface area (Å²) in [5.74, 6) is -0.397. The molecule has 1 heterocycles. The summed E-state index contributed by atoms with van der Waals surface area (Å²) in [6, 6.07) is 25.9. The molecule has 33 heavy (non-hydrogen) atoms. The molecule has 1 N–H and O–H groups in total. The molecule has 0 fully saturated rings. The van der Waals surface area contributed by atoms with Gasteiger partial charge >= 0.3 is 0 Å². The average molecular weight is 457 g/mol. The van der Waals surface area contributed by atoms with Gasteiger partial charge in [-0.3, -0.25) is 9.59 Å². The van der Waals surface area contributed by atoms with Crippen LogP contribution >= 0.6 is 11.8 Å². The maximum Gasteiger partial charge on any atom is 0.251 e. The van der Waals surface area contributed by atoms with Gasteiger partial charge in [-0.15, -0.1) is 11.8 Å². The first-order chi connectivity index (χ1) is 16.1. The molecule has 6 heteroatoms. The molecule has 0 saturated heterocycles. The van der Waals surface area contributed by atoms with Gasteiger partial charge in [0.1, 0.15) is 5.82 Å². The van der Waals surface area contributed by atoms with Crippen LogP contribution in [0.3, 0.4) is 0 Å². The Morgan fingerprint density at radius 3 is 2.58 bits per heavy atom. The van der Waals surface area contributed by atoms with Crippen LogP contribution < -0.4 is 10.2 Å². The van der Waals surface area contributed by atoms with E-state index in [9.17, 15) is 14.0 Å². The predicted molar refractivity (Wildman–Crippen MR) is 130 cm³/mol. The molecule has 0 aliphatic carbocycles. The van der Waals surface area contributed by atoms with E-state index in [0.717, 1.165) is 21.2 Å². The van der Waals surface area contributed by atoms with Crippen molar-refractivity contribution in [3.63, 3.8) is 0 Å². The predicted octanol–water partition coefficient (Wildman–Crippen LogP) is 5.55. The second-order valence-electron chi connectivity index (χ2n) is 7.86. The number of carbonyl (C=O) groups is 2. The van der Waals surface area contributed by atoms with E-state index in [1.807, 2.05) is 48.5 Å². The molecule has 1 aliphatic rings. The van der Waals surface area contributed by atoms with Crippen LogP contribution in [0.25, 0.3) is 10.8 Å². The van der Waals surface area contributed by atoms with Crippen molar-refractivity contribution in [1.82, 2.24) is 5.32 Å². The SMILES string of the molecule is O=C(NCc1cccc2ccccc12)c1ccc2c(c1)N(Cc1ccccc1F)C(=O)CS2. The van der Waals surface area contributed by atoms with Crippen LogP contribution in [0.4, 0.5) is 10.1 Å². The number of rotatable bonds is 5. The van der Waals surface area contributed by atoms with Gasteiger partial charge in [0.25, 0.3) is 5.91 Å². The van der Waals surface area contributed by atoms with Crippen LogP contribution in [0, 0.1) is 5.82 Å². The van der Waals surface area contributed by atoms with Crippen LogP contribution in [0.5, 0.6) is 0 Å². The molecule has 0 spiro atoms. The highest BCUT2D eigenvalue weighted by molar-refractivity contribution is 8.00. The number of hydrogen-bond donors (Lipinski definition) is 1. The van der Waals surface area contributed by atoms with E-state index in [0.29, 0.717) is 23.4 Å². The highest BCUT2D eigenvalue weighted by atomic mass is 32.2. The number of amides is 2. The summed E-state index contributed by atoms with van der Waals surface area (Å²) in [5, 5.41) is 5.21.